The van der Waals surface area contributed by atoms with Crippen molar-refractivity contribution in [2.75, 3.05) is 5.73 Å². The fourth-order valence-electron chi connectivity index (χ4n) is 1.61. The summed E-state index contributed by atoms with van der Waals surface area (Å²) in [4.78, 5) is 13.8. The standard InChI is InChI=1S/C12H7ClFN3O/c13-6-1-2-10(14)8(3-6)7-4-11(16)17-12(18)9(7)5-15/h1-4H,(H3,16,17,18). The first-order valence-electron chi connectivity index (χ1n) is 4.91. The normalized spacial score (nSPS) is 10.1. The third-order valence-corrected chi connectivity index (χ3v) is 2.62. The lowest BCUT2D eigenvalue weighted by Crippen LogP contribution is -2.14. The number of pyridine rings is 1. The van der Waals surface area contributed by atoms with Crippen LogP contribution in [0.4, 0.5) is 10.2 Å². The topological polar surface area (TPSA) is 82.7 Å². The van der Waals surface area contributed by atoms with E-state index < -0.39 is 11.4 Å². The van der Waals surface area contributed by atoms with Crippen LogP contribution in [0.1, 0.15) is 5.56 Å². The van der Waals surface area contributed by atoms with Gasteiger partial charge in [-0.25, -0.2) is 4.39 Å². The van der Waals surface area contributed by atoms with E-state index in [1.54, 1.807) is 6.07 Å². The smallest absolute Gasteiger partial charge is 0.268 e. The minimum absolute atomic E-state index is 0.0494. The Morgan fingerprint density at radius 2 is 2.06 bits per heavy atom. The maximum absolute atomic E-state index is 13.7. The molecule has 1 heterocycles. The number of rotatable bonds is 1. The van der Waals surface area contributed by atoms with Gasteiger partial charge in [-0.15, -0.1) is 0 Å². The fourth-order valence-corrected chi connectivity index (χ4v) is 1.78. The molecule has 0 spiro atoms. The van der Waals surface area contributed by atoms with E-state index in [-0.39, 0.29) is 22.5 Å². The van der Waals surface area contributed by atoms with E-state index in [4.69, 9.17) is 22.6 Å². The third kappa shape index (κ3) is 2.06. The SMILES string of the molecule is N#Cc1c(-c2cc(Cl)ccc2F)cc(N)[nH]c1=O. The molecule has 0 aliphatic carbocycles. The molecule has 0 saturated heterocycles. The second kappa shape index (κ2) is 4.51. The van der Waals surface area contributed by atoms with Crippen LogP contribution in [0.5, 0.6) is 0 Å². The Balaban J connectivity index is 2.83. The Morgan fingerprint density at radius 3 is 2.72 bits per heavy atom. The molecule has 2 aromatic rings. The predicted octanol–water partition coefficient (Wildman–Crippen LogP) is 2.29. The van der Waals surface area contributed by atoms with Crippen molar-refractivity contribution >= 4 is 17.4 Å². The van der Waals surface area contributed by atoms with Crippen LogP contribution in [-0.4, -0.2) is 4.98 Å². The Morgan fingerprint density at radius 1 is 1.33 bits per heavy atom. The highest BCUT2D eigenvalue weighted by molar-refractivity contribution is 6.30. The molecule has 2 rings (SSSR count). The average molecular weight is 264 g/mol. The van der Waals surface area contributed by atoms with Crippen LogP contribution in [0.3, 0.4) is 0 Å². The molecular formula is C12H7ClFN3O. The van der Waals surface area contributed by atoms with Crippen LogP contribution >= 0.6 is 11.6 Å². The average Bonchev–Trinajstić information content (AvgIpc) is 2.31. The number of anilines is 1. The van der Waals surface area contributed by atoms with Gasteiger partial charge in [-0.3, -0.25) is 4.79 Å². The maximum Gasteiger partial charge on any atom is 0.268 e. The van der Waals surface area contributed by atoms with Gasteiger partial charge in [0, 0.05) is 16.1 Å². The van der Waals surface area contributed by atoms with Gasteiger partial charge >= 0.3 is 0 Å². The van der Waals surface area contributed by atoms with Gasteiger partial charge < -0.3 is 10.7 Å². The first kappa shape index (κ1) is 12.1. The van der Waals surface area contributed by atoms with E-state index in [1.807, 2.05) is 0 Å². The Hall–Kier alpha value is -2.32. The number of halogens is 2. The molecule has 6 heteroatoms. The number of hydrogen-bond acceptors (Lipinski definition) is 3. The first-order chi connectivity index (χ1) is 8.52. The van der Waals surface area contributed by atoms with Gasteiger partial charge in [-0.05, 0) is 24.3 Å². The van der Waals surface area contributed by atoms with Gasteiger partial charge in [0.1, 0.15) is 23.3 Å². The minimum atomic E-state index is -0.660. The van der Waals surface area contributed by atoms with Crippen molar-refractivity contribution in [2.24, 2.45) is 0 Å². The van der Waals surface area contributed by atoms with E-state index in [9.17, 15) is 9.18 Å². The van der Waals surface area contributed by atoms with E-state index in [0.717, 1.165) is 6.07 Å². The predicted molar refractivity (Wildman–Crippen MR) is 66.6 cm³/mol. The third-order valence-electron chi connectivity index (χ3n) is 2.38. The number of H-pyrrole nitrogens is 1. The van der Waals surface area contributed by atoms with Crippen LogP contribution in [0.2, 0.25) is 5.02 Å². The number of nitriles is 1. The van der Waals surface area contributed by atoms with Crippen molar-refractivity contribution in [3.63, 3.8) is 0 Å². The second-order valence-corrected chi connectivity index (χ2v) is 4.01. The minimum Gasteiger partial charge on any atom is -0.385 e. The lowest BCUT2D eigenvalue weighted by atomic mass is 10.0. The Kier molecular flexibility index (Phi) is 3.04. The summed E-state index contributed by atoms with van der Waals surface area (Å²) < 4.78 is 13.7. The van der Waals surface area contributed by atoms with Gasteiger partial charge in [0.05, 0.1) is 0 Å². The number of nitrogens with one attached hydrogen (secondary N) is 1. The summed E-state index contributed by atoms with van der Waals surface area (Å²) in [5.41, 5.74) is 4.81. The van der Waals surface area contributed by atoms with Crippen molar-refractivity contribution in [3.8, 4) is 17.2 Å². The summed E-state index contributed by atoms with van der Waals surface area (Å²) in [6.45, 7) is 0. The molecule has 0 bridgehead atoms. The van der Waals surface area contributed by atoms with Crippen LogP contribution in [0.25, 0.3) is 11.1 Å². The number of nitrogens with zero attached hydrogens (tertiary/aromatic N) is 1. The Bertz CT molecular complexity index is 718. The number of benzene rings is 1. The van der Waals surface area contributed by atoms with Gasteiger partial charge in [-0.1, -0.05) is 11.6 Å². The fraction of sp³-hybridized carbons (Fsp3) is 0. The first-order valence-corrected chi connectivity index (χ1v) is 5.29. The molecule has 0 saturated carbocycles. The van der Waals surface area contributed by atoms with Crippen LogP contribution in [-0.2, 0) is 0 Å². The van der Waals surface area contributed by atoms with Crippen molar-refractivity contribution in [1.82, 2.24) is 4.98 Å². The van der Waals surface area contributed by atoms with Crippen LogP contribution < -0.4 is 11.3 Å². The number of nitrogen functional groups attached to an aromatic ring is 1. The maximum atomic E-state index is 13.7. The van der Waals surface area contributed by atoms with Crippen molar-refractivity contribution < 1.29 is 4.39 Å². The van der Waals surface area contributed by atoms with E-state index in [0.29, 0.717) is 5.02 Å². The molecular weight excluding hydrogens is 257 g/mol. The zero-order valence-corrected chi connectivity index (χ0v) is 9.75. The quantitative estimate of drug-likeness (QED) is 0.828. The highest BCUT2D eigenvalue weighted by Gasteiger charge is 2.14. The highest BCUT2D eigenvalue weighted by Crippen LogP contribution is 2.28. The molecule has 1 aromatic carbocycles. The second-order valence-electron chi connectivity index (χ2n) is 3.58. The summed E-state index contributed by atoms with van der Waals surface area (Å²) in [5.74, 6) is -0.533. The van der Waals surface area contributed by atoms with E-state index >= 15 is 0 Å². The molecule has 0 amide bonds. The molecule has 1 aromatic heterocycles. The van der Waals surface area contributed by atoms with Gasteiger partial charge in [0.15, 0.2) is 0 Å². The number of aromatic amines is 1. The number of hydrogen-bond donors (Lipinski definition) is 2. The molecule has 0 aliphatic rings. The summed E-state index contributed by atoms with van der Waals surface area (Å²) in [7, 11) is 0. The monoisotopic (exact) mass is 263 g/mol. The molecule has 3 N–H and O–H groups in total. The highest BCUT2D eigenvalue weighted by atomic mass is 35.5. The molecule has 18 heavy (non-hydrogen) atoms. The lowest BCUT2D eigenvalue weighted by Gasteiger charge is -2.06. The zero-order chi connectivity index (χ0) is 13.3. The Labute approximate surface area is 106 Å². The molecule has 0 unspecified atom stereocenters. The van der Waals surface area contributed by atoms with Gasteiger partial charge in [-0.2, -0.15) is 5.26 Å². The molecule has 4 nitrogen and oxygen atoms in total. The van der Waals surface area contributed by atoms with Crippen molar-refractivity contribution in [2.45, 2.75) is 0 Å². The molecule has 0 radical (unpaired) electrons. The van der Waals surface area contributed by atoms with Crippen LogP contribution in [0.15, 0.2) is 29.1 Å². The molecule has 90 valence electrons. The summed E-state index contributed by atoms with van der Waals surface area (Å²) in [6, 6.07) is 6.94. The summed E-state index contributed by atoms with van der Waals surface area (Å²) in [5, 5.41) is 9.25. The largest absolute Gasteiger partial charge is 0.385 e. The number of nitrogens with two attached hydrogens (primary N) is 1. The van der Waals surface area contributed by atoms with Crippen LogP contribution in [0, 0.1) is 17.1 Å². The van der Waals surface area contributed by atoms with Crippen molar-refractivity contribution in [3.05, 3.63) is 51.0 Å². The molecule has 0 atom stereocenters. The summed E-state index contributed by atoms with van der Waals surface area (Å²) >= 11 is 5.78. The number of aromatic nitrogens is 1. The van der Waals surface area contributed by atoms with Gasteiger partial charge in [0.25, 0.3) is 5.56 Å². The lowest BCUT2D eigenvalue weighted by molar-refractivity contribution is 0.631. The van der Waals surface area contributed by atoms with E-state index in [1.165, 1.54) is 18.2 Å². The van der Waals surface area contributed by atoms with Crippen molar-refractivity contribution in [1.29, 1.82) is 5.26 Å². The van der Waals surface area contributed by atoms with Gasteiger partial charge in [0.2, 0.25) is 0 Å². The molecule has 0 aliphatic heterocycles. The summed E-state index contributed by atoms with van der Waals surface area (Å²) in [6.07, 6.45) is 0. The molecule has 0 fully saturated rings. The zero-order valence-electron chi connectivity index (χ0n) is 9.00. The van der Waals surface area contributed by atoms with E-state index in [2.05, 4.69) is 4.98 Å².